The third-order valence-corrected chi connectivity index (χ3v) is 4.05. The van der Waals surface area contributed by atoms with Crippen LogP contribution in [-0.4, -0.2) is 11.2 Å². The molecule has 0 aliphatic heterocycles. The minimum absolute atomic E-state index is 0.419. The number of benzene rings is 1. The fourth-order valence-corrected chi connectivity index (χ4v) is 2.75. The standard InChI is InChI=1S/C19H32N2S/c1-5-6-10-17-11-13-18(14-12-17)21-19(22)20-16(4)9-7-8-15(2)3/h11-16H,5-10H2,1-4H3,(H2,20,21,22). The highest BCUT2D eigenvalue weighted by molar-refractivity contribution is 7.80. The Morgan fingerprint density at radius 3 is 2.32 bits per heavy atom. The Balaban J connectivity index is 2.31. The average molecular weight is 321 g/mol. The van der Waals surface area contributed by atoms with Crippen LogP contribution in [0.4, 0.5) is 5.69 Å². The zero-order chi connectivity index (χ0) is 16.4. The van der Waals surface area contributed by atoms with Crippen LogP contribution in [0.1, 0.15) is 65.4 Å². The van der Waals surface area contributed by atoms with Gasteiger partial charge in [0, 0.05) is 11.7 Å². The van der Waals surface area contributed by atoms with Gasteiger partial charge in [-0.25, -0.2) is 0 Å². The third-order valence-electron chi connectivity index (χ3n) is 3.83. The van der Waals surface area contributed by atoms with Crippen LogP contribution in [0.15, 0.2) is 24.3 Å². The molecular formula is C19H32N2S. The second kappa shape index (κ2) is 10.6. The molecule has 0 heterocycles. The minimum atomic E-state index is 0.419. The number of anilines is 1. The number of hydrogen-bond acceptors (Lipinski definition) is 1. The number of rotatable bonds is 9. The van der Waals surface area contributed by atoms with Crippen LogP contribution >= 0.6 is 12.2 Å². The Morgan fingerprint density at radius 2 is 1.73 bits per heavy atom. The van der Waals surface area contributed by atoms with Gasteiger partial charge in [-0.05, 0) is 62.0 Å². The molecule has 0 amide bonds. The summed E-state index contributed by atoms with van der Waals surface area (Å²) in [6.07, 6.45) is 7.34. The SMILES string of the molecule is CCCCc1ccc(NC(=S)NC(C)CCCC(C)C)cc1. The minimum Gasteiger partial charge on any atom is -0.360 e. The van der Waals surface area contributed by atoms with E-state index < -0.39 is 0 Å². The van der Waals surface area contributed by atoms with Gasteiger partial charge in [-0.2, -0.15) is 0 Å². The van der Waals surface area contributed by atoms with Crippen molar-refractivity contribution in [3.63, 3.8) is 0 Å². The molecule has 0 saturated heterocycles. The highest BCUT2D eigenvalue weighted by Gasteiger charge is 2.05. The number of unbranched alkanes of at least 4 members (excludes halogenated alkanes) is 1. The Hall–Kier alpha value is -1.09. The summed E-state index contributed by atoms with van der Waals surface area (Å²) in [5.41, 5.74) is 2.46. The van der Waals surface area contributed by atoms with Crippen molar-refractivity contribution in [3.05, 3.63) is 29.8 Å². The lowest BCUT2D eigenvalue weighted by atomic mass is 10.0. The van der Waals surface area contributed by atoms with Crippen LogP contribution in [0.3, 0.4) is 0 Å². The predicted molar refractivity (Wildman–Crippen MR) is 103 cm³/mol. The lowest BCUT2D eigenvalue weighted by molar-refractivity contribution is 0.495. The van der Waals surface area contributed by atoms with E-state index in [1.54, 1.807) is 0 Å². The Bertz CT molecular complexity index is 426. The molecule has 0 aliphatic carbocycles. The lowest BCUT2D eigenvalue weighted by Gasteiger charge is -2.17. The highest BCUT2D eigenvalue weighted by atomic mass is 32.1. The van der Waals surface area contributed by atoms with Crippen molar-refractivity contribution < 1.29 is 0 Å². The zero-order valence-electron chi connectivity index (χ0n) is 14.6. The molecule has 22 heavy (non-hydrogen) atoms. The van der Waals surface area contributed by atoms with Crippen LogP contribution in [0.25, 0.3) is 0 Å². The molecule has 0 aliphatic rings. The summed E-state index contributed by atoms with van der Waals surface area (Å²) in [5, 5.41) is 7.37. The molecule has 0 fully saturated rings. The lowest BCUT2D eigenvalue weighted by Crippen LogP contribution is -2.35. The topological polar surface area (TPSA) is 24.1 Å². The van der Waals surface area contributed by atoms with Gasteiger partial charge in [0.05, 0.1) is 0 Å². The van der Waals surface area contributed by atoms with E-state index in [0.29, 0.717) is 6.04 Å². The molecule has 0 spiro atoms. The van der Waals surface area contributed by atoms with Gasteiger partial charge in [0.15, 0.2) is 5.11 Å². The highest BCUT2D eigenvalue weighted by Crippen LogP contribution is 2.12. The van der Waals surface area contributed by atoms with Crippen molar-refractivity contribution in [1.82, 2.24) is 5.32 Å². The average Bonchev–Trinajstić information content (AvgIpc) is 2.46. The maximum Gasteiger partial charge on any atom is 0.170 e. The van der Waals surface area contributed by atoms with Gasteiger partial charge in [0.25, 0.3) is 0 Å². The Labute approximate surface area is 142 Å². The van der Waals surface area contributed by atoms with Crippen LogP contribution in [0.2, 0.25) is 0 Å². The predicted octanol–water partition coefficient (Wildman–Crippen LogP) is 5.53. The summed E-state index contributed by atoms with van der Waals surface area (Å²) in [4.78, 5) is 0. The molecule has 1 aromatic rings. The van der Waals surface area contributed by atoms with Gasteiger partial charge in [0.2, 0.25) is 0 Å². The van der Waals surface area contributed by atoms with E-state index >= 15 is 0 Å². The Kier molecular flexibility index (Phi) is 9.14. The van der Waals surface area contributed by atoms with Gasteiger partial charge < -0.3 is 10.6 Å². The second-order valence-electron chi connectivity index (χ2n) is 6.62. The third kappa shape index (κ3) is 8.38. The van der Waals surface area contributed by atoms with Crippen molar-refractivity contribution in [3.8, 4) is 0 Å². The van der Waals surface area contributed by atoms with Gasteiger partial charge in [-0.15, -0.1) is 0 Å². The molecule has 0 radical (unpaired) electrons. The fourth-order valence-electron chi connectivity index (χ4n) is 2.43. The first-order valence-corrected chi connectivity index (χ1v) is 9.08. The number of thiocarbonyl (C=S) groups is 1. The quantitative estimate of drug-likeness (QED) is 0.585. The molecule has 124 valence electrons. The molecule has 1 atom stereocenters. The molecule has 0 bridgehead atoms. The summed E-state index contributed by atoms with van der Waals surface area (Å²) in [5.74, 6) is 0.781. The maximum absolute atomic E-state index is 5.39. The van der Waals surface area contributed by atoms with Crippen molar-refractivity contribution >= 4 is 23.0 Å². The number of hydrogen-bond donors (Lipinski definition) is 2. The van der Waals surface area contributed by atoms with Crippen molar-refractivity contribution in [2.45, 2.75) is 72.3 Å². The summed E-state index contributed by atoms with van der Waals surface area (Å²) < 4.78 is 0. The summed E-state index contributed by atoms with van der Waals surface area (Å²) in [7, 11) is 0. The molecule has 0 aromatic heterocycles. The van der Waals surface area contributed by atoms with Crippen LogP contribution in [0.5, 0.6) is 0 Å². The maximum atomic E-state index is 5.39. The molecular weight excluding hydrogens is 288 g/mol. The molecule has 1 rings (SSSR count). The van der Waals surface area contributed by atoms with Crippen LogP contribution in [0, 0.1) is 5.92 Å². The molecule has 1 aromatic carbocycles. The van der Waals surface area contributed by atoms with E-state index in [1.807, 2.05) is 0 Å². The molecule has 2 nitrogen and oxygen atoms in total. The second-order valence-corrected chi connectivity index (χ2v) is 7.03. The monoisotopic (exact) mass is 320 g/mol. The first-order chi connectivity index (χ1) is 10.5. The van der Waals surface area contributed by atoms with E-state index in [2.05, 4.69) is 62.6 Å². The largest absolute Gasteiger partial charge is 0.360 e. The molecule has 2 N–H and O–H groups in total. The van der Waals surface area contributed by atoms with E-state index in [9.17, 15) is 0 Å². The number of nitrogens with one attached hydrogen (secondary N) is 2. The van der Waals surface area contributed by atoms with Gasteiger partial charge in [0.1, 0.15) is 0 Å². The van der Waals surface area contributed by atoms with Crippen molar-refractivity contribution in [2.24, 2.45) is 5.92 Å². The summed E-state index contributed by atoms with van der Waals surface area (Å²) in [6.45, 7) is 8.97. The van der Waals surface area contributed by atoms with Crippen molar-refractivity contribution in [1.29, 1.82) is 0 Å². The molecule has 1 unspecified atom stereocenters. The van der Waals surface area contributed by atoms with Crippen LogP contribution < -0.4 is 10.6 Å². The van der Waals surface area contributed by atoms with Gasteiger partial charge in [-0.1, -0.05) is 52.2 Å². The fraction of sp³-hybridized carbons (Fsp3) is 0.632. The van der Waals surface area contributed by atoms with Gasteiger partial charge in [-0.3, -0.25) is 0 Å². The van der Waals surface area contributed by atoms with Crippen molar-refractivity contribution in [2.75, 3.05) is 5.32 Å². The van der Waals surface area contributed by atoms with Gasteiger partial charge >= 0.3 is 0 Å². The summed E-state index contributed by atoms with van der Waals surface area (Å²) in [6, 6.07) is 9.02. The normalized spacial score (nSPS) is 12.2. The first-order valence-electron chi connectivity index (χ1n) is 8.67. The van der Waals surface area contributed by atoms with E-state index in [-0.39, 0.29) is 0 Å². The van der Waals surface area contributed by atoms with E-state index in [4.69, 9.17) is 12.2 Å². The summed E-state index contributed by atoms with van der Waals surface area (Å²) >= 11 is 5.39. The number of aryl methyl sites for hydroxylation is 1. The van der Waals surface area contributed by atoms with Crippen LogP contribution in [-0.2, 0) is 6.42 Å². The first kappa shape index (κ1) is 19.0. The molecule has 3 heteroatoms. The molecule has 0 saturated carbocycles. The van der Waals surface area contributed by atoms with E-state index in [0.717, 1.165) is 29.6 Å². The zero-order valence-corrected chi connectivity index (χ0v) is 15.4. The van der Waals surface area contributed by atoms with E-state index in [1.165, 1.54) is 31.2 Å². The smallest absolute Gasteiger partial charge is 0.170 e. The Morgan fingerprint density at radius 1 is 1.05 bits per heavy atom.